The summed E-state index contributed by atoms with van der Waals surface area (Å²) in [6, 6.07) is 7.87. The van der Waals surface area contributed by atoms with E-state index in [4.69, 9.17) is 5.73 Å². The second-order valence-corrected chi connectivity index (χ2v) is 6.71. The van der Waals surface area contributed by atoms with Crippen molar-refractivity contribution in [1.82, 2.24) is 5.32 Å². The van der Waals surface area contributed by atoms with Gasteiger partial charge in [-0.05, 0) is 37.5 Å². The number of nitrogens with two attached hydrogens (primary N) is 1. The van der Waals surface area contributed by atoms with Crippen molar-refractivity contribution in [2.75, 3.05) is 0 Å². The summed E-state index contributed by atoms with van der Waals surface area (Å²) in [5.41, 5.74) is 6.60. The molecular formula is C15H23BrN2O. The van der Waals surface area contributed by atoms with E-state index in [0.29, 0.717) is 12.3 Å². The van der Waals surface area contributed by atoms with Crippen LogP contribution in [0.2, 0.25) is 0 Å². The molecule has 106 valence electrons. The largest absolute Gasteiger partial charge is 0.347 e. The number of benzene rings is 1. The first kappa shape index (κ1) is 16.2. The first-order chi connectivity index (χ1) is 8.72. The minimum absolute atomic E-state index is 0.00545. The zero-order chi connectivity index (χ0) is 14.6. The molecule has 0 aliphatic rings. The highest BCUT2D eigenvalue weighted by Gasteiger charge is 2.24. The van der Waals surface area contributed by atoms with E-state index in [2.05, 4.69) is 21.2 Å². The van der Waals surface area contributed by atoms with Gasteiger partial charge >= 0.3 is 0 Å². The first-order valence-corrected chi connectivity index (χ1v) is 7.34. The number of carbonyl (C=O) groups excluding carboxylic acids is 1. The Bertz CT molecular complexity index is 426. The van der Waals surface area contributed by atoms with Crippen molar-refractivity contribution in [2.45, 2.75) is 45.7 Å². The van der Waals surface area contributed by atoms with Gasteiger partial charge in [0.1, 0.15) is 0 Å². The summed E-state index contributed by atoms with van der Waals surface area (Å²) in [5.74, 6) is 0.302. The van der Waals surface area contributed by atoms with Gasteiger partial charge in [0.05, 0.1) is 5.54 Å². The second-order valence-electron chi connectivity index (χ2n) is 5.79. The van der Waals surface area contributed by atoms with Gasteiger partial charge in [-0.1, -0.05) is 41.9 Å². The highest BCUT2D eigenvalue weighted by molar-refractivity contribution is 9.10. The minimum atomic E-state index is -0.394. The predicted molar refractivity (Wildman–Crippen MR) is 82.7 cm³/mol. The van der Waals surface area contributed by atoms with Gasteiger partial charge in [0.2, 0.25) is 5.91 Å². The van der Waals surface area contributed by atoms with E-state index in [1.807, 2.05) is 52.0 Å². The quantitative estimate of drug-likeness (QED) is 0.873. The number of nitrogens with one attached hydrogen (secondary N) is 1. The average molecular weight is 327 g/mol. The van der Waals surface area contributed by atoms with Gasteiger partial charge in [0, 0.05) is 16.9 Å². The molecule has 0 aromatic heterocycles. The van der Waals surface area contributed by atoms with Crippen molar-refractivity contribution in [3.05, 3.63) is 34.3 Å². The second kappa shape index (κ2) is 6.53. The first-order valence-electron chi connectivity index (χ1n) is 6.55. The smallest absolute Gasteiger partial charge is 0.222 e. The average Bonchev–Trinajstić information content (AvgIpc) is 2.28. The van der Waals surface area contributed by atoms with Crippen molar-refractivity contribution in [3.8, 4) is 0 Å². The number of rotatable bonds is 5. The van der Waals surface area contributed by atoms with Crippen LogP contribution in [0, 0.1) is 5.92 Å². The third-order valence-electron chi connectivity index (χ3n) is 3.30. The van der Waals surface area contributed by atoms with Crippen LogP contribution >= 0.6 is 15.9 Å². The molecule has 1 aromatic rings. The van der Waals surface area contributed by atoms with Crippen LogP contribution in [0.4, 0.5) is 0 Å². The highest BCUT2D eigenvalue weighted by atomic mass is 79.9. The van der Waals surface area contributed by atoms with Crippen molar-refractivity contribution in [3.63, 3.8) is 0 Å². The normalized spacial score (nSPS) is 13.4. The molecule has 0 heterocycles. The fraction of sp³-hybridized carbons (Fsp3) is 0.533. The van der Waals surface area contributed by atoms with Gasteiger partial charge in [-0.15, -0.1) is 0 Å². The van der Waals surface area contributed by atoms with Crippen LogP contribution in [0.1, 0.15) is 39.7 Å². The molecule has 1 amide bonds. The molecule has 1 unspecified atom stereocenters. The molecule has 0 bridgehead atoms. The van der Waals surface area contributed by atoms with Gasteiger partial charge in [-0.25, -0.2) is 0 Å². The van der Waals surface area contributed by atoms with Crippen molar-refractivity contribution in [2.24, 2.45) is 11.7 Å². The summed E-state index contributed by atoms with van der Waals surface area (Å²) >= 11 is 3.41. The van der Waals surface area contributed by atoms with Crippen molar-refractivity contribution < 1.29 is 4.79 Å². The minimum Gasteiger partial charge on any atom is -0.347 e. The Labute approximate surface area is 124 Å². The summed E-state index contributed by atoms with van der Waals surface area (Å²) in [6.07, 6.45) is 0.359. The molecule has 1 atom stereocenters. The fourth-order valence-corrected chi connectivity index (χ4v) is 2.05. The standard InChI is InChI=1S/C15H23BrN2O/c1-10(2)13(17)9-14(19)18-15(3,4)11-5-7-12(16)8-6-11/h5-8,10,13H,9,17H2,1-4H3,(H,18,19). The number of hydrogen-bond acceptors (Lipinski definition) is 2. The molecule has 4 heteroatoms. The summed E-state index contributed by atoms with van der Waals surface area (Å²) < 4.78 is 1.03. The molecular weight excluding hydrogens is 304 g/mol. The van der Waals surface area contributed by atoms with Crippen LogP contribution in [0.5, 0.6) is 0 Å². The highest BCUT2D eigenvalue weighted by Crippen LogP contribution is 2.22. The molecule has 19 heavy (non-hydrogen) atoms. The van der Waals surface area contributed by atoms with E-state index in [-0.39, 0.29) is 11.9 Å². The molecule has 0 fully saturated rings. The molecule has 1 aromatic carbocycles. The summed E-state index contributed by atoms with van der Waals surface area (Å²) in [6.45, 7) is 8.04. The zero-order valence-electron chi connectivity index (χ0n) is 12.0. The third-order valence-corrected chi connectivity index (χ3v) is 3.82. The Morgan fingerprint density at radius 1 is 1.32 bits per heavy atom. The Morgan fingerprint density at radius 2 is 1.84 bits per heavy atom. The molecule has 0 spiro atoms. The maximum Gasteiger partial charge on any atom is 0.222 e. The Morgan fingerprint density at radius 3 is 2.32 bits per heavy atom. The van der Waals surface area contributed by atoms with Crippen LogP contribution in [-0.4, -0.2) is 11.9 Å². The van der Waals surface area contributed by atoms with Crippen LogP contribution in [0.15, 0.2) is 28.7 Å². The van der Waals surface area contributed by atoms with E-state index in [9.17, 15) is 4.79 Å². The van der Waals surface area contributed by atoms with E-state index in [1.54, 1.807) is 0 Å². The summed E-state index contributed by atoms with van der Waals surface area (Å²) in [4.78, 5) is 12.0. The Kier molecular flexibility index (Phi) is 5.56. The van der Waals surface area contributed by atoms with E-state index in [0.717, 1.165) is 10.0 Å². The fourth-order valence-electron chi connectivity index (χ4n) is 1.79. The lowest BCUT2D eigenvalue weighted by molar-refractivity contribution is -0.123. The maximum atomic E-state index is 12.0. The molecule has 1 rings (SSSR count). The number of halogens is 1. The van der Waals surface area contributed by atoms with Crippen molar-refractivity contribution >= 4 is 21.8 Å². The number of carbonyl (C=O) groups is 1. The molecule has 0 saturated heterocycles. The lowest BCUT2D eigenvalue weighted by Gasteiger charge is -2.28. The Balaban J connectivity index is 2.68. The van der Waals surface area contributed by atoms with Gasteiger partial charge < -0.3 is 11.1 Å². The van der Waals surface area contributed by atoms with Crippen LogP contribution in [0.3, 0.4) is 0 Å². The molecule has 3 nitrogen and oxygen atoms in total. The molecule has 0 aliphatic heterocycles. The van der Waals surface area contributed by atoms with Gasteiger partial charge in [-0.2, -0.15) is 0 Å². The lowest BCUT2D eigenvalue weighted by atomic mass is 9.93. The van der Waals surface area contributed by atoms with Gasteiger partial charge in [0.25, 0.3) is 0 Å². The van der Waals surface area contributed by atoms with Crippen LogP contribution in [-0.2, 0) is 10.3 Å². The maximum absolute atomic E-state index is 12.0. The zero-order valence-corrected chi connectivity index (χ0v) is 13.6. The van der Waals surface area contributed by atoms with E-state index >= 15 is 0 Å². The SMILES string of the molecule is CC(C)C(N)CC(=O)NC(C)(C)c1ccc(Br)cc1. The number of hydrogen-bond donors (Lipinski definition) is 2. The molecule has 0 radical (unpaired) electrons. The molecule has 0 saturated carbocycles. The van der Waals surface area contributed by atoms with E-state index < -0.39 is 5.54 Å². The van der Waals surface area contributed by atoms with Crippen molar-refractivity contribution in [1.29, 1.82) is 0 Å². The summed E-state index contributed by atoms with van der Waals surface area (Å²) in [5, 5.41) is 3.04. The van der Waals surface area contributed by atoms with E-state index in [1.165, 1.54) is 0 Å². The summed E-state index contributed by atoms with van der Waals surface area (Å²) in [7, 11) is 0. The van der Waals surface area contributed by atoms with Gasteiger partial charge in [-0.3, -0.25) is 4.79 Å². The van der Waals surface area contributed by atoms with Crippen LogP contribution in [0.25, 0.3) is 0 Å². The third kappa shape index (κ3) is 4.96. The predicted octanol–water partition coefficient (Wildman–Crippen LogP) is 3.17. The Hall–Kier alpha value is -0.870. The molecule has 0 aliphatic carbocycles. The monoisotopic (exact) mass is 326 g/mol. The van der Waals surface area contributed by atoms with Crippen LogP contribution < -0.4 is 11.1 Å². The topological polar surface area (TPSA) is 55.1 Å². The lowest BCUT2D eigenvalue weighted by Crippen LogP contribution is -2.44. The number of amides is 1. The molecule has 3 N–H and O–H groups in total. The van der Waals surface area contributed by atoms with Gasteiger partial charge in [0.15, 0.2) is 0 Å².